The normalized spacial score (nSPS) is 18.9. The lowest BCUT2D eigenvalue weighted by Crippen LogP contribution is -2.60. The van der Waals surface area contributed by atoms with Gasteiger partial charge in [0.1, 0.15) is 12.1 Å². The number of carbonyl (C=O) groups excluding carboxylic acids is 8. The number of nitrogens with one attached hydrogen (secondary N) is 2. The van der Waals surface area contributed by atoms with Gasteiger partial charge in [-0.1, -0.05) is 124 Å². The maximum absolute atomic E-state index is 14.8. The van der Waals surface area contributed by atoms with Gasteiger partial charge in [0.15, 0.2) is 0 Å². The van der Waals surface area contributed by atoms with Crippen LogP contribution in [0.3, 0.4) is 0 Å². The van der Waals surface area contributed by atoms with Crippen LogP contribution in [0.1, 0.15) is 138 Å². The van der Waals surface area contributed by atoms with Gasteiger partial charge in [0.05, 0.1) is 49.8 Å². The number of rotatable bonds is 33. The summed E-state index contributed by atoms with van der Waals surface area (Å²) in [5.74, 6) is -3.11. The van der Waals surface area contributed by atoms with Crippen LogP contribution < -0.4 is 15.5 Å². The Morgan fingerprint density at radius 1 is 0.765 bits per heavy atom. The fourth-order valence-corrected chi connectivity index (χ4v) is 11.8. The van der Waals surface area contributed by atoms with Crippen LogP contribution in [-0.4, -0.2) is 171 Å². The molecule has 2 aliphatic heterocycles. The van der Waals surface area contributed by atoms with Crippen molar-refractivity contribution in [2.75, 3.05) is 67.0 Å². The first kappa shape index (κ1) is 67.8. The van der Waals surface area contributed by atoms with Crippen LogP contribution in [0.4, 0.5) is 5.69 Å². The SMILES string of the molecule is CCC(C)C1CC(=O)N(CCCCCC(=O)N(C)c2ccc(CCN(C)[C@H](C(=O)N[C@H](C(=O)N(C)[C@@H]([C@@H](C)CC)[C@@H](CC(=O)N3CCC[C@H]3[C@H](OC)[C@@H](C)C(=O)N[C@@H](Cc3ccccc3)C(=O)OC)OC)C(C)C)C(C)C)cc2)C1=O. The quantitative estimate of drug-likeness (QED) is 0.0418. The Labute approximate surface area is 484 Å². The van der Waals surface area contributed by atoms with Crippen molar-refractivity contribution in [3.8, 4) is 0 Å². The van der Waals surface area contributed by atoms with Gasteiger partial charge in [-0.2, -0.15) is 0 Å². The van der Waals surface area contributed by atoms with Crippen LogP contribution in [-0.2, 0) is 65.4 Å². The van der Waals surface area contributed by atoms with E-state index < -0.39 is 60.2 Å². The minimum atomic E-state index is -0.919. The smallest absolute Gasteiger partial charge is 0.328 e. The molecule has 0 aliphatic carbocycles. The number of hydrogen-bond donors (Lipinski definition) is 2. The molecule has 2 N–H and O–H groups in total. The molecule has 18 nitrogen and oxygen atoms in total. The Hall–Kier alpha value is -5.72. The van der Waals surface area contributed by atoms with E-state index in [0.717, 1.165) is 29.7 Å². The predicted octanol–water partition coefficient (Wildman–Crippen LogP) is 7.09. The molecule has 11 atom stereocenters. The molecule has 81 heavy (non-hydrogen) atoms. The van der Waals surface area contributed by atoms with E-state index in [9.17, 15) is 38.4 Å². The summed E-state index contributed by atoms with van der Waals surface area (Å²) in [7, 11) is 9.75. The molecule has 0 bridgehead atoms. The highest BCUT2D eigenvalue weighted by molar-refractivity contribution is 6.03. The Balaban J connectivity index is 1.35. The Kier molecular flexibility index (Phi) is 27.4. The molecule has 2 aliphatic rings. The Bertz CT molecular complexity index is 2370. The van der Waals surface area contributed by atoms with Crippen LogP contribution >= 0.6 is 0 Å². The molecular formula is C63H99N7O11. The molecule has 452 valence electrons. The lowest BCUT2D eigenvalue weighted by atomic mass is 9.89. The molecule has 0 saturated carbocycles. The summed E-state index contributed by atoms with van der Waals surface area (Å²) in [6.45, 7) is 19.0. The number of anilines is 1. The van der Waals surface area contributed by atoms with Gasteiger partial charge < -0.3 is 39.5 Å². The lowest BCUT2D eigenvalue weighted by molar-refractivity contribution is -0.149. The highest BCUT2D eigenvalue weighted by atomic mass is 16.5. The number of likely N-dealkylation sites (tertiary alicyclic amines) is 2. The largest absolute Gasteiger partial charge is 0.467 e. The second-order valence-electron chi connectivity index (χ2n) is 23.5. The number of nitrogens with zero attached hydrogens (tertiary/aromatic N) is 5. The zero-order valence-electron chi connectivity index (χ0n) is 51.5. The van der Waals surface area contributed by atoms with E-state index in [4.69, 9.17) is 14.2 Å². The molecule has 2 heterocycles. The highest BCUT2D eigenvalue weighted by Gasteiger charge is 2.44. The average molecular weight is 1130 g/mol. The van der Waals surface area contributed by atoms with Crippen LogP contribution in [0.15, 0.2) is 54.6 Å². The third-order valence-corrected chi connectivity index (χ3v) is 17.3. The van der Waals surface area contributed by atoms with Crippen molar-refractivity contribution in [1.29, 1.82) is 0 Å². The first-order chi connectivity index (χ1) is 38.5. The van der Waals surface area contributed by atoms with Gasteiger partial charge >= 0.3 is 5.97 Å². The average Bonchev–Trinajstić information content (AvgIpc) is 4.10. The second-order valence-corrected chi connectivity index (χ2v) is 23.5. The van der Waals surface area contributed by atoms with Gasteiger partial charge in [-0.15, -0.1) is 0 Å². The number of esters is 1. The van der Waals surface area contributed by atoms with E-state index in [1.807, 2.05) is 122 Å². The van der Waals surface area contributed by atoms with Gasteiger partial charge in [-0.05, 0) is 86.1 Å². The van der Waals surface area contributed by atoms with Gasteiger partial charge in [-0.3, -0.25) is 43.4 Å². The first-order valence-corrected chi connectivity index (χ1v) is 29.7. The zero-order chi connectivity index (χ0) is 60.2. The number of ether oxygens (including phenoxy) is 3. The third kappa shape index (κ3) is 18.4. The number of imide groups is 1. The second kappa shape index (κ2) is 32.8. The van der Waals surface area contributed by atoms with Gasteiger partial charge in [0.25, 0.3) is 0 Å². The number of likely N-dealkylation sites (N-methyl/N-ethyl adjacent to an activating group) is 2. The van der Waals surface area contributed by atoms with Gasteiger partial charge in [0, 0.05) is 78.8 Å². The van der Waals surface area contributed by atoms with Gasteiger partial charge in [-0.25, -0.2) is 4.79 Å². The standard InChI is InChI=1S/C63H99N7O11/c1-16-42(7)48-38-53(72)70(61(48)76)34-23-19-22-28-52(71)67(11)47-31-29-45(30-32-47)33-36-66(10)56(41(5)6)60(75)65-55(40(3)4)62(77)68(12)57(43(8)17-2)51(79-13)39-54(73)69-35-24-27-50(69)58(80-14)44(9)59(74)64-49(63(78)81-15)37-46-25-20-18-21-26-46/h18,20-21,25-26,29-32,40-44,48-51,55-58H,16-17,19,22-24,27-28,33-39H2,1-15H3,(H,64,74)(H,65,75)/t42?,43-,44+,48?,49-,50-,51+,55-,56-,57-,58+/m0/s1. The number of methoxy groups -OCH3 is 3. The summed E-state index contributed by atoms with van der Waals surface area (Å²) in [5.41, 5.74) is 2.67. The summed E-state index contributed by atoms with van der Waals surface area (Å²) < 4.78 is 17.1. The molecule has 18 heteroatoms. The van der Waals surface area contributed by atoms with Gasteiger partial charge in [0.2, 0.25) is 41.4 Å². The molecule has 2 fully saturated rings. The Morgan fingerprint density at radius 3 is 2.01 bits per heavy atom. The van der Waals surface area contributed by atoms with Crippen LogP contribution in [0, 0.1) is 35.5 Å². The van der Waals surface area contributed by atoms with Crippen molar-refractivity contribution in [2.45, 2.75) is 182 Å². The zero-order valence-corrected chi connectivity index (χ0v) is 51.5. The summed E-state index contributed by atoms with van der Waals surface area (Å²) in [6, 6.07) is 13.9. The van der Waals surface area contributed by atoms with Crippen molar-refractivity contribution in [2.24, 2.45) is 35.5 Å². The monoisotopic (exact) mass is 1130 g/mol. The lowest BCUT2D eigenvalue weighted by Gasteiger charge is -2.41. The number of unbranched alkanes of at least 4 members (excludes halogenated alkanes) is 2. The van der Waals surface area contributed by atoms with E-state index >= 15 is 0 Å². The molecule has 2 saturated heterocycles. The minimum Gasteiger partial charge on any atom is -0.467 e. The predicted molar refractivity (Wildman–Crippen MR) is 315 cm³/mol. The number of amides is 7. The number of hydrogen-bond acceptors (Lipinski definition) is 12. The number of carbonyl (C=O) groups is 8. The van der Waals surface area contributed by atoms with E-state index in [1.54, 1.807) is 42.8 Å². The first-order valence-electron chi connectivity index (χ1n) is 29.7. The van der Waals surface area contributed by atoms with Crippen LogP contribution in [0.2, 0.25) is 0 Å². The summed E-state index contributed by atoms with van der Waals surface area (Å²) in [4.78, 5) is 117. The molecule has 7 amide bonds. The fraction of sp³-hybridized carbons (Fsp3) is 0.683. The molecule has 2 aromatic carbocycles. The highest BCUT2D eigenvalue weighted by Crippen LogP contribution is 2.31. The molecule has 4 rings (SSSR count). The van der Waals surface area contributed by atoms with Crippen LogP contribution in [0.5, 0.6) is 0 Å². The Morgan fingerprint density at radius 2 is 1.43 bits per heavy atom. The van der Waals surface area contributed by atoms with E-state index in [2.05, 4.69) is 10.6 Å². The van der Waals surface area contributed by atoms with Crippen molar-refractivity contribution < 1.29 is 52.6 Å². The fourth-order valence-electron chi connectivity index (χ4n) is 11.8. The van der Waals surface area contributed by atoms with E-state index in [-0.39, 0.29) is 77.9 Å². The molecule has 0 spiro atoms. The van der Waals surface area contributed by atoms with Crippen molar-refractivity contribution >= 4 is 53.0 Å². The maximum atomic E-state index is 14.8. The molecule has 0 radical (unpaired) electrons. The molecular weight excluding hydrogens is 1030 g/mol. The molecule has 0 aromatic heterocycles. The summed E-state index contributed by atoms with van der Waals surface area (Å²) in [5, 5.41) is 6.01. The van der Waals surface area contributed by atoms with Crippen molar-refractivity contribution in [3.05, 3.63) is 65.7 Å². The topological polar surface area (TPSA) is 205 Å². The maximum Gasteiger partial charge on any atom is 0.328 e. The van der Waals surface area contributed by atoms with E-state index in [1.165, 1.54) is 19.1 Å². The van der Waals surface area contributed by atoms with Crippen molar-refractivity contribution in [3.63, 3.8) is 0 Å². The molecule has 2 aromatic rings. The third-order valence-electron chi connectivity index (χ3n) is 17.3. The van der Waals surface area contributed by atoms with Crippen molar-refractivity contribution in [1.82, 2.24) is 30.2 Å². The minimum absolute atomic E-state index is 0.0148. The number of benzene rings is 2. The molecule has 2 unspecified atom stereocenters. The van der Waals surface area contributed by atoms with Crippen LogP contribution in [0.25, 0.3) is 0 Å². The summed E-state index contributed by atoms with van der Waals surface area (Å²) in [6.07, 6.45) is 5.01. The van der Waals surface area contributed by atoms with E-state index in [0.29, 0.717) is 71.0 Å². The summed E-state index contributed by atoms with van der Waals surface area (Å²) >= 11 is 0.